The summed E-state index contributed by atoms with van der Waals surface area (Å²) < 4.78 is 0. The molecule has 1 unspecified atom stereocenters. The third kappa shape index (κ3) is 2.74. The highest BCUT2D eigenvalue weighted by Gasteiger charge is 2.08. The minimum Gasteiger partial charge on any atom is -0.350 e. The van der Waals surface area contributed by atoms with Gasteiger partial charge in [-0.2, -0.15) is 0 Å². The van der Waals surface area contributed by atoms with E-state index in [4.69, 9.17) is 11.6 Å². The summed E-state index contributed by atoms with van der Waals surface area (Å²) in [6.07, 6.45) is 0. The molecule has 1 atom stereocenters. The first-order valence-electron chi connectivity index (χ1n) is 4.54. The zero-order valence-corrected chi connectivity index (χ0v) is 9.35. The van der Waals surface area contributed by atoms with Crippen molar-refractivity contribution in [3.63, 3.8) is 0 Å². The molecule has 0 fully saturated rings. The van der Waals surface area contributed by atoms with Crippen LogP contribution in [0.3, 0.4) is 0 Å². The Morgan fingerprint density at radius 3 is 2.64 bits per heavy atom. The Hall–Kier alpha value is -1.02. The van der Waals surface area contributed by atoms with Crippen molar-refractivity contribution in [3.05, 3.63) is 34.3 Å². The number of aryl methyl sites for hydroxylation is 1. The smallest absolute Gasteiger partial charge is 0.217 e. The summed E-state index contributed by atoms with van der Waals surface area (Å²) in [6.45, 7) is 5.46. The zero-order valence-electron chi connectivity index (χ0n) is 8.60. The third-order valence-corrected chi connectivity index (χ3v) is 2.35. The van der Waals surface area contributed by atoms with Crippen LogP contribution in [-0.2, 0) is 4.79 Å². The van der Waals surface area contributed by atoms with E-state index in [1.165, 1.54) is 6.92 Å². The highest BCUT2D eigenvalue weighted by atomic mass is 35.5. The molecule has 0 aliphatic rings. The third-order valence-electron chi connectivity index (χ3n) is 2.12. The molecule has 1 rings (SSSR count). The van der Waals surface area contributed by atoms with Gasteiger partial charge in [-0.3, -0.25) is 4.79 Å². The maximum absolute atomic E-state index is 10.9. The van der Waals surface area contributed by atoms with E-state index in [2.05, 4.69) is 5.32 Å². The Labute approximate surface area is 89.3 Å². The van der Waals surface area contributed by atoms with E-state index in [1.54, 1.807) is 0 Å². The average molecular weight is 212 g/mol. The molecule has 14 heavy (non-hydrogen) atoms. The Morgan fingerprint density at radius 2 is 2.14 bits per heavy atom. The van der Waals surface area contributed by atoms with Crippen molar-refractivity contribution in [1.82, 2.24) is 5.32 Å². The molecule has 1 aromatic rings. The van der Waals surface area contributed by atoms with Crippen LogP contribution in [0.2, 0.25) is 5.02 Å². The minimum atomic E-state index is -0.0214. The van der Waals surface area contributed by atoms with Crippen molar-refractivity contribution in [3.8, 4) is 0 Å². The van der Waals surface area contributed by atoms with Crippen LogP contribution in [0.4, 0.5) is 0 Å². The van der Waals surface area contributed by atoms with Gasteiger partial charge in [0.1, 0.15) is 0 Å². The first kappa shape index (κ1) is 11.1. The van der Waals surface area contributed by atoms with Gasteiger partial charge < -0.3 is 5.32 Å². The van der Waals surface area contributed by atoms with Gasteiger partial charge in [-0.15, -0.1) is 0 Å². The molecule has 0 aromatic heterocycles. The van der Waals surface area contributed by atoms with Crippen molar-refractivity contribution in [2.75, 3.05) is 0 Å². The van der Waals surface area contributed by atoms with Crippen molar-refractivity contribution in [2.24, 2.45) is 0 Å². The fraction of sp³-hybridized carbons (Fsp3) is 0.364. The number of halogens is 1. The summed E-state index contributed by atoms with van der Waals surface area (Å²) >= 11 is 5.84. The fourth-order valence-electron chi connectivity index (χ4n) is 1.51. The molecule has 1 N–H and O–H groups in total. The number of hydrogen-bond acceptors (Lipinski definition) is 1. The van der Waals surface area contributed by atoms with Crippen LogP contribution in [0.5, 0.6) is 0 Å². The fourth-order valence-corrected chi connectivity index (χ4v) is 1.73. The predicted octanol–water partition coefficient (Wildman–Crippen LogP) is 2.85. The molecular weight excluding hydrogens is 198 g/mol. The van der Waals surface area contributed by atoms with Crippen molar-refractivity contribution in [1.29, 1.82) is 0 Å². The number of amides is 1. The maximum atomic E-state index is 10.9. The Kier molecular flexibility index (Phi) is 3.53. The van der Waals surface area contributed by atoms with Crippen LogP contribution >= 0.6 is 11.6 Å². The van der Waals surface area contributed by atoms with E-state index >= 15 is 0 Å². The molecule has 1 amide bonds. The van der Waals surface area contributed by atoms with Crippen LogP contribution in [0, 0.1) is 6.92 Å². The lowest BCUT2D eigenvalue weighted by atomic mass is 10.0. The van der Waals surface area contributed by atoms with Crippen molar-refractivity contribution < 1.29 is 4.79 Å². The summed E-state index contributed by atoms with van der Waals surface area (Å²) in [7, 11) is 0. The molecular formula is C11H14ClNO. The quantitative estimate of drug-likeness (QED) is 0.801. The lowest BCUT2D eigenvalue weighted by molar-refractivity contribution is -0.119. The molecule has 0 aliphatic carbocycles. The number of carbonyl (C=O) groups excluding carboxylic acids is 1. The summed E-state index contributed by atoms with van der Waals surface area (Å²) in [5, 5.41) is 3.56. The predicted molar refractivity (Wildman–Crippen MR) is 58.4 cm³/mol. The largest absolute Gasteiger partial charge is 0.350 e. The van der Waals surface area contributed by atoms with Crippen molar-refractivity contribution in [2.45, 2.75) is 26.8 Å². The summed E-state index contributed by atoms with van der Waals surface area (Å²) in [5.74, 6) is -0.0214. The summed E-state index contributed by atoms with van der Waals surface area (Å²) in [4.78, 5) is 10.9. The highest BCUT2D eigenvalue weighted by molar-refractivity contribution is 6.30. The van der Waals surface area contributed by atoms with E-state index in [1.807, 2.05) is 32.0 Å². The van der Waals surface area contributed by atoms with Gasteiger partial charge in [0, 0.05) is 11.9 Å². The van der Waals surface area contributed by atoms with E-state index in [0.29, 0.717) is 0 Å². The Bertz CT molecular complexity index is 349. The molecule has 76 valence electrons. The highest BCUT2D eigenvalue weighted by Crippen LogP contribution is 2.20. The standard InChI is InChI=1S/C11H14ClNO/c1-7-6-10(12)4-5-11(7)8(2)13-9(3)14/h4-6,8H,1-3H3,(H,13,14). The van der Waals surface area contributed by atoms with Gasteiger partial charge in [-0.1, -0.05) is 17.7 Å². The first-order valence-corrected chi connectivity index (χ1v) is 4.91. The average Bonchev–Trinajstić information content (AvgIpc) is 2.01. The van der Waals surface area contributed by atoms with Gasteiger partial charge in [0.15, 0.2) is 0 Å². The van der Waals surface area contributed by atoms with Crippen molar-refractivity contribution >= 4 is 17.5 Å². The first-order chi connectivity index (χ1) is 6.50. The van der Waals surface area contributed by atoms with Crippen LogP contribution in [0.1, 0.15) is 31.0 Å². The molecule has 1 aromatic carbocycles. The molecule has 0 spiro atoms. The molecule has 0 radical (unpaired) electrons. The number of hydrogen-bond donors (Lipinski definition) is 1. The van der Waals surface area contributed by atoms with E-state index in [0.717, 1.165) is 16.1 Å². The van der Waals surface area contributed by atoms with Crippen LogP contribution < -0.4 is 5.32 Å². The Balaban J connectivity index is 2.90. The number of benzene rings is 1. The van der Waals surface area contributed by atoms with Gasteiger partial charge in [0.2, 0.25) is 5.91 Å². The normalized spacial score (nSPS) is 12.3. The van der Waals surface area contributed by atoms with Gasteiger partial charge in [-0.05, 0) is 37.1 Å². The second-order valence-corrected chi connectivity index (χ2v) is 3.86. The van der Waals surface area contributed by atoms with Gasteiger partial charge in [-0.25, -0.2) is 0 Å². The molecule has 2 nitrogen and oxygen atoms in total. The molecule has 0 heterocycles. The van der Waals surface area contributed by atoms with E-state index in [9.17, 15) is 4.79 Å². The monoisotopic (exact) mass is 211 g/mol. The molecule has 0 aliphatic heterocycles. The van der Waals surface area contributed by atoms with Gasteiger partial charge >= 0.3 is 0 Å². The lowest BCUT2D eigenvalue weighted by Gasteiger charge is -2.15. The lowest BCUT2D eigenvalue weighted by Crippen LogP contribution is -2.24. The van der Waals surface area contributed by atoms with Crippen LogP contribution in [0.25, 0.3) is 0 Å². The molecule has 0 bridgehead atoms. The van der Waals surface area contributed by atoms with Gasteiger partial charge in [0.05, 0.1) is 6.04 Å². The second kappa shape index (κ2) is 4.47. The summed E-state index contributed by atoms with van der Waals surface area (Å²) in [5.41, 5.74) is 2.20. The zero-order chi connectivity index (χ0) is 10.7. The van der Waals surface area contributed by atoms with E-state index in [-0.39, 0.29) is 11.9 Å². The number of nitrogens with one attached hydrogen (secondary N) is 1. The topological polar surface area (TPSA) is 29.1 Å². The van der Waals surface area contributed by atoms with Crippen LogP contribution in [-0.4, -0.2) is 5.91 Å². The maximum Gasteiger partial charge on any atom is 0.217 e. The molecule has 0 saturated heterocycles. The minimum absolute atomic E-state index is 0.0214. The molecule has 0 saturated carbocycles. The SMILES string of the molecule is CC(=O)NC(C)c1ccc(Cl)cc1C. The van der Waals surface area contributed by atoms with E-state index < -0.39 is 0 Å². The van der Waals surface area contributed by atoms with Crippen LogP contribution in [0.15, 0.2) is 18.2 Å². The van der Waals surface area contributed by atoms with Gasteiger partial charge in [0.25, 0.3) is 0 Å². The number of carbonyl (C=O) groups is 1. The second-order valence-electron chi connectivity index (χ2n) is 3.42. The number of rotatable bonds is 2. The Morgan fingerprint density at radius 1 is 1.50 bits per heavy atom. The molecule has 3 heteroatoms. The summed E-state index contributed by atoms with van der Waals surface area (Å²) in [6, 6.07) is 5.71.